The lowest BCUT2D eigenvalue weighted by Gasteiger charge is -2.12. The first-order valence-corrected chi connectivity index (χ1v) is 8.19. The minimum absolute atomic E-state index is 0. The predicted octanol–water partition coefficient (Wildman–Crippen LogP) is -1.32. The number of H-pyrrole nitrogens is 1. The molecule has 0 saturated carbocycles. The largest absolute Gasteiger partial charge is 0.329 e. The van der Waals surface area contributed by atoms with Gasteiger partial charge in [0.2, 0.25) is 10.0 Å². The summed E-state index contributed by atoms with van der Waals surface area (Å²) in [6.45, 7) is 1.32. The van der Waals surface area contributed by atoms with Crippen molar-refractivity contribution in [2.75, 3.05) is 13.1 Å². The van der Waals surface area contributed by atoms with Crippen LogP contribution in [-0.4, -0.2) is 42.1 Å². The number of hydrogen-bond acceptors (Lipinski definition) is 6. The van der Waals surface area contributed by atoms with Crippen LogP contribution in [0.4, 0.5) is 0 Å². The van der Waals surface area contributed by atoms with Gasteiger partial charge in [-0.2, -0.15) is 0 Å². The van der Waals surface area contributed by atoms with E-state index in [1.807, 2.05) is 0 Å². The summed E-state index contributed by atoms with van der Waals surface area (Å²) >= 11 is 0. The Morgan fingerprint density at radius 3 is 2.78 bits per heavy atom. The average Bonchev–Trinajstić information content (AvgIpc) is 2.96. The Kier molecular flexibility index (Phi) is 4.90. The number of aromatic nitrogens is 3. The van der Waals surface area contributed by atoms with Crippen LogP contribution in [0.1, 0.15) is 6.42 Å². The van der Waals surface area contributed by atoms with E-state index in [1.165, 1.54) is 13.1 Å². The molecule has 0 aliphatic carbocycles. The minimum Gasteiger partial charge on any atom is -0.315 e. The summed E-state index contributed by atoms with van der Waals surface area (Å²) in [5.74, 6) is 0. The number of aryl methyl sites for hydroxylation is 1. The summed E-state index contributed by atoms with van der Waals surface area (Å²) in [6.07, 6.45) is 1.85. The Hall–Kier alpha value is -1.75. The summed E-state index contributed by atoms with van der Waals surface area (Å²) < 4.78 is 28.4. The van der Waals surface area contributed by atoms with E-state index in [0.717, 1.165) is 17.3 Å². The Morgan fingerprint density at radius 2 is 2.13 bits per heavy atom. The number of nitrogens with one attached hydrogen (secondary N) is 3. The molecule has 23 heavy (non-hydrogen) atoms. The molecule has 0 radical (unpaired) electrons. The van der Waals surface area contributed by atoms with Gasteiger partial charge in [-0.1, -0.05) is 0 Å². The fourth-order valence-corrected chi connectivity index (χ4v) is 3.65. The first kappa shape index (κ1) is 17.6. The summed E-state index contributed by atoms with van der Waals surface area (Å²) in [6, 6.07) is 1.05. The monoisotopic (exact) mass is 361 g/mol. The predicted molar refractivity (Wildman–Crippen MR) is 86.4 cm³/mol. The van der Waals surface area contributed by atoms with Gasteiger partial charge in [-0.25, -0.2) is 22.9 Å². The van der Waals surface area contributed by atoms with Gasteiger partial charge in [0.15, 0.2) is 0 Å². The SMILES string of the molecule is Cl.Cn1c(=O)[nH]c(=O)c2cc(S(=O)(=O)NC3CCNC3)cnc21. The van der Waals surface area contributed by atoms with Crippen molar-refractivity contribution in [3.63, 3.8) is 0 Å². The topological polar surface area (TPSA) is 126 Å². The Bertz CT molecular complexity index is 946. The van der Waals surface area contributed by atoms with Crippen molar-refractivity contribution in [1.29, 1.82) is 0 Å². The van der Waals surface area contributed by atoms with Gasteiger partial charge in [-0.05, 0) is 19.0 Å². The summed E-state index contributed by atoms with van der Waals surface area (Å²) in [4.78, 5) is 29.3. The molecule has 1 atom stereocenters. The standard InChI is InChI=1S/C12H15N5O4S.ClH/c1-17-10-9(11(18)15-12(17)19)4-8(6-14-10)22(20,21)16-7-2-3-13-5-7;/h4,6-7,13,16H,2-3,5H2,1H3,(H,15,18,19);1H. The third-order valence-corrected chi connectivity index (χ3v) is 5.11. The molecule has 126 valence electrons. The average molecular weight is 362 g/mol. The van der Waals surface area contributed by atoms with E-state index < -0.39 is 21.3 Å². The Balaban J connectivity index is 0.00000192. The smallest absolute Gasteiger partial charge is 0.315 e. The number of halogens is 1. The van der Waals surface area contributed by atoms with Crippen molar-refractivity contribution in [2.45, 2.75) is 17.4 Å². The van der Waals surface area contributed by atoms with Gasteiger partial charge in [0.25, 0.3) is 5.56 Å². The van der Waals surface area contributed by atoms with Crippen molar-refractivity contribution >= 4 is 33.5 Å². The molecule has 2 aromatic rings. The van der Waals surface area contributed by atoms with Gasteiger partial charge in [0.1, 0.15) is 10.5 Å². The molecule has 2 aromatic heterocycles. The molecule has 1 aliphatic heterocycles. The molecular weight excluding hydrogens is 346 g/mol. The van der Waals surface area contributed by atoms with E-state index in [0.29, 0.717) is 13.0 Å². The molecule has 1 saturated heterocycles. The summed E-state index contributed by atoms with van der Waals surface area (Å²) in [7, 11) is -2.32. The summed E-state index contributed by atoms with van der Waals surface area (Å²) in [5.41, 5.74) is -1.13. The second-order valence-electron chi connectivity index (χ2n) is 5.17. The molecule has 3 N–H and O–H groups in total. The fraction of sp³-hybridized carbons (Fsp3) is 0.417. The molecule has 3 rings (SSSR count). The normalized spacial score (nSPS) is 18.0. The zero-order valence-electron chi connectivity index (χ0n) is 12.2. The van der Waals surface area contributed by atoms with Crippen LogP contribution in [0.25, 0.3) is 11.0 Å². The van der Waals surface area contributed by atoms with Crippen LogP contribution in [0, 0.1) is 0 Å². The summed E-state index contributed by atoms with van der Waals surface area (Å²) in [5, 5.41) is 3.11. The van der Waals surface area contributed by atoms with E-state index in [1.54, 1.807) is 0 Å². The van der Waals surface area contributed by atoms with Crippen LogP contribution < -0.4 is 21.3 Å². The first-order valence-electron chi connectivity index (χ1n) is 6.70. The Morgan fingerprint density at radius 1 is 1.39 bits per heavy atom. The second-order valence-corrected chi connectivity index (χ2v) is 6.89. The fourth-order valence-electron chi connectivity index (χ4n) is 2.41. The maximum atomic E-state index is 12.3. The number of aromatic amines is 1. The van der Waals surface area contributed by atoms with Crippen molar-refractivity contribution in [3.8, 4) is 0 Å². The lowest BCUT2D eigenvalue weighted by molar-refractivity contribution is 0.560. The van der Waals surface area contributed by atoms with E-state index in [2.05, 4.69) is 20.0 Å². The van der Waals surface area contributed by atoms with Gasteiger partial charge in [-0.3, -0.25) is 14.3 Å². The zero-order chi connectivity index (χ0) is 15.9. The highest BCUT2D eigenvalue weighted by Crippen LogP contribution is 2.13. The molecular formula is C12H16ClN5O4S. The van der Waals surface area contributed by atoms with Crippen LogP contribution in [-0.2, 0) is 17.1 Å². The Labute approximate surface area is 137 Å². The van der Waals surface area contributed by atoms with Crippen molar-refractivity contribution in [2.24, 2.45) is 7.05 Å². The maximum absolute atomic E-state index is 12.3. The van der Waals surface area contributed by atoms with Gasteiger partial charge in [0, 0.05) is 25.8 Å². The quantitative estimate of drug-likeness (QED) is 0.622. The highest BCUT2D eigenvalue weighted by Gasteiger charge is 2.23. The third-order valence-electron chi connectivity index (χ3n) is 3.62. The number of rotatable bonds is 3. The molecule has 1 aliphatic rings. The van der Waals surface area contributed by atoms with Gasteiger partial charge >= 0.3 is 5.69 Å². The number of fused-ring (bicyclic) bond motifs is 1. The van der Waals surface area contributed by atoms with Crippen molar-refractivity contribution in [1.82, 2.24) is 24.6 Å². The van der Waals surface area contributed by atoms with E-state index in [4.69, 9.17) is 0 Å². The molecule has 0 spiro atoms. The minimum atomic E-state index is -3.77. The van der Waals surface area contributed by atoms with Crippen LogP contribution >= 0.6 is 12.4 Å². The van der Waals surface area contributed by atoms with Crippen LogP contribution in [0.2, 0.25) is 0 Å². The molecule has 11 heteroatoms. The molecule has 9 nitrogen and oxygen atoms in total. The van der Waals surface area contributed by atoms with Crippen molar-refractivity contribution in [3.05, 3.63) is 33.1 Å². The number of hydrogen-bond donors (Lipinski definition) is 3. The zero-order valence-corrected chi connectivity index (χ0v) is 13.8. The molecule has 0 bridgehead atoms. The van der Waals surface area contributed by atoms with Gasteiger partial charge in [-0.15, -0.1) is 12.4 Å². The lowest BCUT2D eigenvalue weighted by atomic mass is 10.3. The van der Waals surface area contributed by atoms with Crippen molar-refractivity contribution < 1.29 is 8.42 Å². The third kappa shape index (κ3) is 3.29. The van der Waals surface area contributed by atoms with Gasteiger partial charge in [0.05, 0.1) is 5.39 Å². The van der Waals surface area contributed by atoms with Crippen LogP contribution in [0.5, 0.6) is 0 Å². The molecule has 0 amide bonds. The highest BCUT2D eigenvalue weighted by atomic mass is 35.5. The van der Waals surface area contributed by atoms with E-state index in [-0.39, 0.29) is 34.4 Å². The van der Waals surface area contributed by atoms with Crippen LogP contribution in [0.3, 0.4) is 0 Å². The molecule has 1 unspecified atom stereocenters. The molecule has 1 fully saturated rings. The van der Waals surface area contributed by atoms with E-state index in [9.17, 15) is 18.0 Å². The lowest BCUT2D eigenvalue weighted by Crippen LogP contribution is -2.36. The van der Waals surface area contributed by atoms with Crippen LogP contribution in [0.15, 0.2) is 26.7 Å². The maximum Gasteiger partial charge on any atom is 0.329 e. The first-order chi connectivity index (χ1) is 10.4. The number of sulfonamides is 1. The van der Waals surface area contributed by atoms with Gasteiger partial charge < -0.3 is 5.32 Å². The number of nitrogens with zero attached hydrogens (tertiary/aromatic N) is 2. The molecule has 3 heterocycles. The highest BCUT2D eigenvalue weighted by molar-refractivity contribution is 7.89. The van der Waals surface area contributed by atoms with E-state index >= 15 is 0 Å². The number of pyridine rings is 1. The molecule has 0 aromatic carbocycles. The second kappa shape index (κ2) is 6.40.